The first kappa shape index (κ1) is 13.3. The lowest BCUT2D eigenvalue weighted by atomic mass is 10.2. The molecule has 0 aliphatic heterocycles. The van der Waals surface area contributed by atoms with Crippen LogP contribution in [-0.2, 0) is 6.54 Å². The van der Waals surface area contributed by atoms with Gasteiger partial charge in [0.25, 0.3) is 0 Å². The van der Waals surface area contributed by atoms with Gasteiger partial charge in [-0.3, -0.25) is 0 Å². The van der Waals surface area contributed by atoms with E-state index in [-0.39, 0.29) is 0 Å². The molecule has 5 heteroatoms. The Bertz CT molecular complexity index is 614. The lowest BCUT2D eigenvalue weighted by Gasteiger charge is -2.09. The highest BCUT2D eigenvalue weighted by molar-refractivity contribution is 6.30. The molecule has 20 heavy (non-hydrogen) atoms. The number of ether oxygens (including phenoxy) is 1. The molecule has 0 saturated heterocycles. The van der Waals surface area contributed by atoms with Crippen molar-refractivity contribution in [2.75, 3.05) is 7.11 Å². The van der Waals surface area contributed by atoms with Crippen molar-refractivity contribution in [1.29, 1.82) is 0 Å². The molecule has 2 aromatic rings. The number of methoxy groups -OCH3 is 1. The summed E-state index contributed by atoms with van der Waals surface area (Å²) in [7, 11) is 1.62. The standard InChI is InChI=1S/C15H16ClN3O/c1-20-14-8-10(16)2-5-13(14)15-17-7-6-12(19-15)9-18-11-3-4-11/h2,5-8,11,18H,3-4,9H2,1H3. The highest BCUT2D eigenvalue weighted by Gasteiger charge is 2.20. The monoisotopic (exact) mass is 289 g/mol. The van der Waals surface area contributed by atoms with Crippen LogP contribution in [0.1, 0.15) is 18.5 Å². The SMILES string of the molecule is COc1cc(Cl)ccc1-c1nccc(CNC2CC2)n1. The Balaban J connectivity index is 1.86. The second-order valence-corrected chi connectivity index (χ2v) is 5.31. The number of rotatable bonds is 5. The molecule has 1 aromatic heterocycles. The molecule has 1 N–H and O–H groups in total. The maximum atomic E-state index is 5.98. The van der Waals surface area contributed by atoms with Crippen LogP contribution >= 0.6 is 11.6 Å². The molecule has 0 spiro atoms. The third-order valence-electron chi connectivity index (χ3n) is 3.27. The van der Waals surface area contributed by atoms with E-state index in [2.05, 4.69) is 15.3 Å². The van der Waals surface area contributed by atoms with Crippen LogP contribution in [0, 0.1) is 0 Å². The summed E-state index contributed by atoms with van der Waals surface area (Å²) in [6, 6.07) is 8.07. The van der Waals surface area contributed by atoms with E-state index in [1.54, 1.807) is 19.4 Å². The Labute approximate surface area is 123 Å². The quantitative estimate of drug-likeness (QED) is 0.919. The molecule has 1 aliphatic rings. The molecule has 104 valence electrons. The highest BCUT2D eigenvalue weighted by Crippen LogP contribution is 2.30. The maximum absolute atomic E-state index is 5.98. The van der Waals surface area contributed by atoms with Crippen molar-refractivity contribution in [2.45, 2.75) is 25.4 Å². The molecule has 0 atom stereocenters. The third kappa shape index (κ3) is 3.08. The van der Waals surface area contributed by atoms with Gasteiger partial charge in [0.15, 0.2) is 5.82 Å². The second kappa shape index (κ2) is 5.77. The fraction of sp³-hybridized carbons (Fsp3) is 0.333. The number of hydrogen-bond donors (Lipinski definition) is 1. The van der Waals surface area contributed by atoms with Crippen molar-refractivity contribution in [3.05, 3.63) is 41.2 Å². The topological polar surface area (TPSA) is 47.0 Å². The number of aromatic nitrogens is 2. The van der Waals surface area contributed by atoms with Gasteiger partial charge in [0.1, 0.15) is 5.75 Å². The van der Waals surface area contributed by atoms with Crippen molar-refractivity contribution < 1.29 is 4.74 Å². The van der Waals surface area contributed by atoms with Gasteiger partial charge < -0.3 is 10.1 Å². The molecule has 0 amide bonds. The van der Waals surface area contributed by atoms with E-state index in [4.69, 9.17) is 16.3 Å². The van der Waals surface area contributed by atoms with Crippen LogP contribution < -0.4 is 10.1 Å². The van der Waals surface area contributed by atoms with Crippen LogP contribution in [0.25, 0.3) is 11.4 Å². The molecule has 1 aromatic carbocycles. The summed E-state index contributed by atoms with van der Waals surface area (Å²) < 4.78 is 5.35. The van der Waals surface area contributed by atoms with Gasteiger partial charge in [-0.25, -0.2) is 9.97 Å². The van der Waals surface area contributed by atoms with Crippen LogP contribution in [0.3, 0.4) is 0 Å². The summed E-state index contributed by atoms with van der Waals surface area (Å²) in [6.07, 6.45) is 4.31. The molecular formula is C15H16ClN3O. The first-order valence-electron chi connectivity index (χ1n) is 6.65. The van der Waals surface area contributed by atoms with E-state index in [0.29, 0.717) is 22.6 Å². The van der Waals surface area contributed by atoms with Crippen LogP contribution in [0.5, 0.6) is 5.75 Å². The molecule has 1 heterocycles. The van der Waals surface area contributed by atoms with Gasteiger partial charge >= 0.3 is 0 Å². The van der Waals surface area contributed by atoms with Crippen LogP contribution in [-0.4, -0.2) is 23.1 Å². The zero-order valence-electron chi connectivity index (χ0n) is 11.3. The van der Waals surface area contributed by atoms with Gasteiger partial charge in [0.2, 0.25) is 0 Å². The summed E-state index contributed by atoms with van der Waals surface area (Å²) in [4.78, 5) is 8.91. The summed E-state index contributed by atoms with van der Waals surface area (Å²) >= 11 is 5.98. The largest absolute Gasteiger partial charge is 0.496 e. The molecule has 0 unspecified atom stereocenters. The Hall–Kier alpha value is -1.65. The van der Waals surface area contributed by atoms with E-state index < -0.39 is 0 Å². The predicted molar refractivity (Wildman–Crippen MR) is 78.9 cm³/mol. The van der Waals surface area contributed by atoms with E-state index in [1.807, 2.05) is 18.2 Å². The highest BCUT2D eigenvalue weighted by atomic mass is 35.5. The summed E-state index contributed by atoms with van der Waals surface area (Å²) in [5.41, 5.74) is 1.84. The van der Waals surface area contributed by atoms with Gasteiger partial charge in [-0.15, -0.1) is 0 Å². The van der Waals surface area contributed by atoms with E-state index in [0.717, 1.165) is 17.8 Å². The van der Waals surface area contributed by atoms with Gasteiger partial charge in [-0.05, 0) is 37.1 Å². The smallest absolute Gasteiger partial charge is 0.163 e. The molecule has 4 nitrogen and oxygen atoms in total. The van der Waals surface area contributed by atoms with Crippen molar-refractivity contribution in [1.82, 2.24) is 15.3 Å². The first-order valence-corrected chi connectivity index (χ1v) is 7.03. The zero-order valence-corrected chi connectivity index (χ0v) is 12.0. The minimum Gasteiger partial charge on any atom is -0.496 e. The minimum atomic E-state index is 0.636. The molecule has 1 aliphatic carbocycles. The molecule has 3 rings (SSSR count). The van der Waals surface area contributed by atoms with Gasteiger partial charge in [-0.1, -0.05) is 11.6 Å². The number of halogens is 1. The lowest BCUT2D eigenvalue weighted by Crippen LogP contribution is -2.16. The van der Waals surface area contributed by atoms with E-state index in [1.165, 1.54) is 12.8 Å². The number of benzene rings is 1. The molecule has 0 radical (unpaired) electrons. The van der Waals surface area contributed by atoms with Crippen molar-refractivity contribution in [3.63, 3.8) is 0 Å². The summed E-state index contributed by atoms with van der Waals surface area (Å²) in [5, 5.41) is 4.08. The van der Waals surface area contributed by atoms with E-state index >= 15 is 0 Å². The van der Waals surface area contributed by atoms with E-state index in [9.17, 15) is 0 Å². The summed E-state index contributed by atoms with van der Waals surface area (Å²) in [5.74, 6) is 1.35. The van der Waals surface area contributed by atoms with Crippen LogP contribution in [0.4, 0.5) is 0 Å². The number of hydrogen-bond acceptors (Lipinski definition) is 4. The number of nitrogens with zero attached hydrogens (tertiary/aromatic N) is 2. The Kier molecular flexibility index (Phi) is 3.85. The Morgan fingerprint density at radius 3 is 2.95 bits per heavy atom. The fourth-order valence-corrected chi connectivity index (χ4v) is 2.17. The molecule has 1 fully saturated rings. The van der Waals surface area contributed by atoms with Gasteiger partial charge in [0.05, 0.1) is 18.4 Å². The second-order valence-electron chi connectivity index (χ2n) is 4.87. The molecule has 0 bridgehead atoms. The summed E-state index contributed by atoms with van der Waals surface area (Å²) in [6.45, 7) is 0.774. The minimum absolute atomic E-state index is 0.636. The zero-order chi connectivity index (χ0) is 13.9. The Morgan fingerprint density at radius 2 is 2.20 bits per heavy atom. The van der Waals surface area contributed by atoms with Crippen molar-refractivity contribution >= 4 is 11.6 Å². The van der Waals surface area contributed by atoms with Gasteiger partial charge in [0, 0.05) is 23.8 Å². The average molecular weight is 290 g/mol. The van der Waals surface area contributed by atoms with Crippen LogP contribution in [0.2, 0.25) is 5.02 Å². The van der Waals surface area contributed by atoms with Gasteiger partial charge in [-0.2, -0.15) is 0 Å². The average Bonchev–Trinajstić information content (AvgIpc) is 3.29. The number of nitrogens with one attached hydrogen (secondary N) is 1. The normalized spacial score (nSPS) is 14.3. The van der Waals surface area contributed by atoms with Crippen molar-refractivity contribution in [3.8, 4) is 17.1 Å². The molecule has 1 saturated carbocycles. The third-order valence-corrected chi connectivity index (χ3v) is 3.50. The lowest BCUT2D eigenvalue weighted by molar-refractivity contribution is 0.416. The fourth-order valence-electron chi connectivity index (χ4n) is 2.01. The first-order chi connectivity index (χ1) is 9.76. The molecular weight excluding hydrogens is 274 g/mol. The van der Waals surface area contributed by atoms with Crippen molar-refractivity contribution in [2.24, 2.45) is 0 Å². The Morgan fingerprint density at radius 1 is 1.35 bits per heavy atom. The van der Waals surface area contributed by atoms with Crippen LogP contribution in [0.15, 0.2) is 30.5 Å². The predicted octanol–water partition coefficient (Wildman–Crippen LogP) is 3.06. The maximum Gasteiger partial charge on any atom is 0.163 e.